The Morgan fingerprint density at radius 2 is 1.59 bits per heavy atom. The first-order valence-electron chi connectivity index (χ1n) is 10.6. The van der Waals surface area contributed by atoms with Crippen LogP contribution in [0.15, 0.2) is 87.7 Å². The fourth-order valence-corrected chi connectivity index (χ4v) is 3.83. The Morgan fingerprint density at radius 3 is 2.31 bits per heavy atom. The van der Waals surface area contributed by atoms with Gasteiger partial charge in [-0.2, -0.15) is 0 Å². The lowest BCUT2D eigenvalue weighted by atomic mass is 10.1. The summed E-state index contributed by atoms with van der Waals surface area (Å²) in [5.74, 6) is 2.82. The minimum absolute atomic E-state index is 0.0907. The first kappa shape index (κ1) is 20.1. The highest BCUT2D eigenvalue weighted by atomic mass is 16.5. The fraction of sp³-hybridized carbons (Fsp3) is 0.148. The molecule has 160 valence electrons. The molecule has 0 spiro atoms. The third-order valence-electron chi connectivity index (χ3n) is 5.48. The Labute approximate surface area is 185 Å². The van der Waals surface area contributed by atoms with Crippen LogP contribution in [-0.2, 0) is 13.0 Å². The molecule has 3 aromatic carbocycles. The van der Waals surface area contributed by atoms with Crippen molar-refractivity contribution in [3.05, 3.63) is 95.9 Å². The van der Waals surface area contributed by atoms with Crippen molar-refractivity contribution < 1.29 is 18.7 Å². The molecular formula is C27H23NO4. The van der Waals surface area contributed by atoms with Gasteiger partial charge in [0, 0.05) is 34.6 Å². The second kappa shape index (κ2) is 8.73. The maximum absolute atomic E-state index is 9.91. The molecule has 2 aromatic heterocycles. The van der Waals surface area contributed by atoms with Crippen LogP contribution in [0.2, 0.25) is 0 Å². The fourth-order valence-electron chi connectivity index (χ4n) is 3.83. The van der Waals surface area contributed by atoms with E-state index in [1.54, 1.807) is 0 Å². The molecule has 0 unspecified atom stereocenters. The summed E-state index contributed by atoms with van der Waals surface area (Å²) >= 11 is 0. The Bertz CT molecular complexity index is 1340. The summed E-state index contributed by atoms with van der Waals surface area (Å²) in [6.07, 6.45) is 0.634. The summed E-state index contributed by atoms with van der Waals surface area (Å²) in [7, 11) is 0. The van der Waals surface area contributed by atoms with Gasteiger partial charge >= 0.3 is 0 Å². The normalized spacial score (nSPS) is 11.2. The van der Waals surface area contributed by atoms with E-state index >= 15 is 0 Å². The van der Waals surface area contributed by atoms with Crippen LogP contribution in [0.5, 0.6) is 5.75 Å². The molecule has 32 heavy (non-hydrogen) atoms. The van der Waals surface area contributed by atoms with Crippen molar-refractivity contribution in [1.29, 1.82) is 0 Å². The monoisotopic (exact) mass is 425 g/mol. The Morgan fingerprint density at radius 1 is 0.875 bits per heavy atom. The van der Waals surface area contributed by atoms with Gasteiger partial charge in [-0.25, -0.2) is 4.98 Å². The van der Waals surface area contributed by atoms with Gasteiger partial charge in [-0.15, -0.1) is 0 Å². The third-order valence-corrected chi connectivity index (χ3v) is 5.48. The number of oxazole rings is 1. The van der Waals surface area contributed by atoms with Crippen molar-refractivity contribution in [3.8, 4) is 28.5 Å². The highest BCUT2D eigenvalue weighted by molar-refractivity contribution is 5.88. The van der Waals surface area contributed by atoms with E-state index < -0.39 is 0 Å². The number of furan rings is 1. The molecule has 0 aliphatic carbocycles. The number of hydrogen-bond acceptors (Lipinski definition) is 5. The summed E-state index contributed by atoms with van der Waals surface area (Å²) in [6.45, 7) is 2.30. The van der Waals surface area contributed by atoms with E-state index in [2.05, 4.69) is 4.98 Å². The number of aliphatic hydroxyl groups is 1. The molecule has 0 atom stereocenters. The zero-order valence-corrected chi connectivity index (χ0v) is 17.7. The van der Waals surface area contributed by atoms with Crippen molar-refractivity contribution >= 4 is 11.0 Å². The molecule has 5 aromatic rings. The van der Waals surface area contributed by atoms with Crippen molar-refractivity contribution in [2.24, 2.45) is 0 Å². The van der Waals surface area contributed by atoms with E-state index in [9.17, 15) is 5.11 Å². The minimum atomic E-state index is -0.0907. The van der Waals surface area contributed by atoms with Crippen molar-refractivity contribution in [2.75, 3.05) is 6.61 Å². The second-order valence-corrected chi connectivity index (χ2v) is 7.58. The number of aryl methyl sites for hydroxylation is 1. The quantitative estimate of drug-likeness (QED) is 0.337. The van der Waals surface area contributed by atoms with Gasteiger partial charge < -0.3 is 18.7 Å². The second-order valence-electron chi connectivity index (χ2n) is 7.58. The largest absolute Gasteiger partial charge is 0.493 e. The maximum Gasteiger partial charge on any atom is 0.226 e. The zero-order chi connectivity index (χ0) is 21.9. The Balaban J connectivity index is 1.32. The molecule has 5 rings (SSSR count). The van der Waals surface area contributed by atoms with Gasteiger partial charge in [0.2, 0.25) is 5.89 Å². The third kappa shape index (κ3) is 3.90. The highest BCUT2D eigenvalue weighted by Crippen LogP contribution is 2.35. The summed E-state index contributed by atoms with van der Waals surface area (Å²) in [5, 5.41) is 10.8. The van der Waals surface area contributed by atoms with Crippen LogP contribution in [0.1, 0.15) is 17.0 Å². The maximum atomic E-state index is 9.91. The van der Waals surface area contributed by atoms with E-state index in [1.807, 2.05) is 85.8 Å². The van der Waals surface area contributed by atoms with Gasteiger partial charge in [-0.1, -0.05) is 48.5 Å². The lowest BCUT2D eigenvalue weighted by Gasteiger charge is -2.05. The van der Waals surface area contributed by atoms with Gasteiger partial charge in [-0.3, -0.25) is 0 Å². The van der Waals surface area contributed by atoms with Gasteiger partial charge in [-0.05, 0) is 31.2 Å². The zero-order valence-electron chi connectivity index (χ0n) is 17.7. The first-order chi connectivity index (χ1) is 15.7. The summed E-state index contributed by atoms with van der Waals surface area (Å²) in [5.41, 5.74) is 4.25. The van der Waals surface area contributed by atoms with Crippen LogP contribution in [0.25, 0.3) is 33.7 Å². The molecular weight excluding hydrogens is 402 g/mol. The van der Waals surface area contributed by atoms with Crippen LogP contribution in [0.4, 0.5) is 0 Å². The number of aromatic nitrogens is 1. The molecule has 0 saturated heterocycles. The molecule has 5 nitrogen and oxygen atoms in total. The van der Waals surface area contributed by atoms with E-state index in [0.29, 0.717) is 36.0 Å². The minimum Gasteiger partial charge on any atom is -0.493 e. The van der Waals surface area contributed by atoms with Crippen LogP contribution in [0.3, 0.4) is 0 Å². The number of rotatable bonds is 7. The van der Waals surface area contributed by atoms with Crippen molar-refractivity contribution in [1.82, 2.24) is 4.98 Å². The molecule has 5 heteroatoms. The standard InChI is InChI=1S/C27H23NO4/c1-18-24(28-27(31-18)20-10-6-3-7-11-20)14-15-30-21-12-13-22-23(17-29)26(32-25(22)16-21)19-8-4-2-5-9-19/h2-13,16,29H,14-15,17H2,1H3. The predicted molar refractivity (Wildman–Crippen MR) is 123 cm³/mol. The van der Waals surface area contributed by atoms with E-state index in [1.165, 1.54) is 0 Å². The summed E-state index contributed by atoms with van der Waals surface area (Å²) in [4.78, 5) is 4.63. The van der Waals surface area contributed by atoms with Gasteiger partial charge in [0.1, 0.15) is 22.9 Å². The lowest BCUT2D eigenvalue weighted by molar-refractivity contribution is 0.282. The molecule has 0 bridgehead atoms. The number of benzene rings is 3. The molecule has 0 saturated carbocycles. The molecule has 0 fully saturated rings. The van der Waals surface area contributed by atoms with Crippen molar-refractivity contribution in [3.63, 3.8) is 0 Å². The molecule has 2 heterocycles. The molecule has 1 N–H and O–H groups in total. The topological polar surface area (TPSA) is 68.6 Å². The van der Waals surface area contributed by atoms with Crippen LogP contribution in [0, 0.1) is 6.92 Å². The number of nitrogens with zero attached hydrogens (tertiary/aromatic N) is 1. The number of aliphatic hydroxyl groups excluding tert-OH is 1. The summed E-state index contributed by atoms with van der Waals surface area (Å²) < 4.78 is 17.9. The Kier molecular flexibility index (Phi) is 5.48. The van der Waals surface area contributed by atoms with Crippen LogP contribution >= 0.6 is 0 Å². The molecule has 0 radical (unpaired) electrons. The smallest absolute Gasteiger partial charge is 0.226 e. The highest BCUT2D eigenvalue weighted by Gasteiger charge is 2.16. The van der Waals surface area contributed by atoms with Crippen LogP contribution in [-0.4, -0.2) is 16.7 Å². The van der Waals surface area contributed by atoms with E-state index in [0.717, 1.165) is 33.5 Å². The van der Waals surface area contributed by atoms with Gasteiger partial charge in [0.25, 0.3) is 0 Å². The molecule has 0 aliphatic heterocycles. The number of hydrogen-bond donors (Lipinski definition) is 1. The number of fused-ring (bicyclic) bond motifs is 1. The first-order valence-corrected chi connectivity index (χ1v) is 10.6. The summed E-state index contributed by atoms with van der Waals surface area (Å²) in [6, 6.07) is 25.4. The van der Waals surface area contributed by atoms with E-state index in [-0.39, 0.29) is 6.61 Å². The lowest BCUT2D eigenvalue weighted by Crippen LogP contribution is -2.02. The molecule has 0 aliphatic rings. The Hall–Kier alpha value is -3.83. The van der Waals surface area contributed by atoms with Gasteiger partial charge in [0.05, 0.1) is 18.9 Å². The average molecular weight is 425 g/mol. The van der Waals surface area contributed by atoms with Crippen LogP contribution < -0.4 is 4.74 Å². The SMILES string of the molecule is Cc1oc(-c2ccccc2)nc1CCOc1ccc2c(CO)c(-c3ccccc3)oc2c1. The predicted octanol–water partition coefficient (Wildman–Crippen LogP) is 6.18. The molecule has 0 amide bonds. The van der Waals surface area contributed by atoms with Crippen molar-refractivity contribution in [2.45, 2.75) is 20.0 Å². The van der Waals surface area contributed by atoms with Gasteiger partial charge in [0.15, 0.2) is 0 Å². The van der Waals surface area contributed by atoms with E-state index in [4.69, 9.17) is 13.6 Å². The average Bonchev–Trinajstić information content (AvgIpc) is 3.40. The number of ether oxygens (including phenoxy) is 1.